The van der Waals surface area contributed by atoms with E-state index in [1.807, 2.05) is 30.3 Å². The second-order valence-electron chi connectivity index (χ2n) is 4.03. The number of benzene rings is 2. The number of furan rings is 1. The topological polar surface area (TPSA) is 77.8 Å². The van der Waals surface area contributed by atoms with E-state index >= 15 is 0 Å². The Balaban J connectivity index is 2.64. The molecule has 0 radical (unpaired) electrons. The number of aldehydes is 1. The molecule has 0 atom stereocenters. The summed E-state index contributed by atoms with van der Waals surface area (Å²) in [5, 5.41) is 19.5. The molecule has 4 nitrogen and oxygen atoms in total. The lowest BCUT2D eigenvalue weighted by Gasteiger charge is -2.00. The van der Waals surface area contributed by atoms with E-state index in [4.69, 9.17) is 14.9 Å². The van der Waals surface area contributed by atoms with Crippen molar-refractivity contribution in [3.05, 3.63) is 47.0 Å². The third-order valence-electron chi connectivity index (χ3n) is 3.06. The molecule has 0 aliphatic rings. The highest BCUT2D eigenvalue weighted by Crippen LogP contribution is 2.33. The number of rotatable bonds is 1. The van der Waals surface area contributed by atoms with E-state index in [0.717, 1.165) is 5.39 Å². The van der Waals surface area contributed by atoms with Crippen LogP contribution in [0.1, 0.15) is 21.5 Å². The molecule has 2 aromatic carbocycles. The SMILES string of the molecule is N#Cc1cc2oc3ccccc3c2c(C=O)c1C#N. The fourth-order valence-corrected chi connectivity index (χ4v) is 2.24. The average Bonchev–Trinajstić information content (AvgIpc) is 2.83. The van der Waals surface area contributed by atoms with Crippen LogP contribution in [0.15, 0.2) is 34.7 Å². The smallest absolute Gasteiger partial charge is 0.152 e. The van der Waals surface area contributed by atoms with Crippen LogP contribution in [0.25, 0.3) is 21.9 Å². The van der Waals surface area contributed by atoms with Gasteiger partial charge in [0.25, 0.3) is 0 Å². The minimum absolute atomic E-state index is 0.0940. The summed E-state index contributed by atoms with van der Waals surface area (Å²) in [5.41, 5.74) is 1.52. The summed E-state index contributed by atoms with van der Waals surface area (Å²) >= 11 is 0. The number of fused-ring (bicyclic) bond motifs is 3. The molecule has 0 bridgehead atoms. The molecule has 0 amide bonds. The van der Waals surface area contributed by atoms with E-state index in [2.05, 4.69) is 0 Å². The third kappa shape index (κ3) is 1.41. The van der Waals surface area contributed by atoms with Crippen LogP contribution in [0.2, 0.25) is 0 Å². The quantitative estimate of drug-likeness (QED) is 0.618. The van der Waals surface area contributed by atoms with Gasteiger partial charge in [0.15, 0.2) is 6.29 Å². The average molecular weight is 246 g/mol. The maximum absolute atomic E-state index is 11.3. The molecule has 4 heteroatoms. The van der Waals surface area contributed by atoms with E-state index in [0.29, 0.717) is 22.8 Å². The van der Waals surface area contributed by atoms with Gasteiger partial charge >= 0.3 is 0 Å². The van der Waals surface area contributed by atoms with Gasteiger partial charge in [-0.3, -0.25) is 4.79 Å². The summed E-state index contributed by atoms with van der Waals surface area (Å²) < 4.78 is 5.62. The molecule has 0 aliphatic carbocycles. The van der Waals surface area contributed by atoms with Crippen molar-refractivity contribution in [3.8, 4) is 12.1 Å². The van der Waals surface area contributed by atoms with Gasteiger partial charge < -0.3 is 4.42 Å². The van der Waals surface area contributed by atoms with Crippen molar-refractivity contribution in [2.75, 3.05) is 0 Å². The molecule has 0 saturated heterocycles. The minimum atomic E-state index is 0.0940. The zero-order chi connectivity index (χ0) is 13.4. The predicted molar refractivity (Wildman–Crippen MR) is 68.5 cm³/mol. The van der Waals surface area contributed by atoms with Gasteiger partial charge in [0.1, 0.15) is 23.3 Å². The van der Waals surface area contributed by atoms with Gasteiger partial charge in [-0.15, -0.1) is 0 Å². The maximum atomic E-state index is 11.3. The number of carbonyl (C=O) groups excluding carboxylic acids is 1. The third-order valence-corrected chi connectivity index (χ3v) is 3.06. The predicted octanol–water partition coefficient (Wildman–Crippen LogP) is 3.14. The summed E-state index contributed by atoms with van der Waals surface area (Å²) in [6.07, 6.45) is 0.601. The number of nitrogens with zero attached hydrogens (tertiary/aromatic N) is 2. The van der Waals surface area contributed by atoms with Gasteiger partial charge in [0.2, 0.25) is 0 Å². The van der Waals surface area contributed by atoms with Crippen LogP contribution < -0.4 is 0 Å². The summed E-state index contributed by atoms with van der Waals surface area (Å²) in [6, 6.07) is 12.6. The van der Waals surface area contributed by atoms with Gasteiger partial charge in [0.05, 0.1) is 11.1 Å². The van der Waals surface area contributed by atoms with Crippen molar-refractivity contribution in [1.29, 1.82) is 10.5 Å². The van der Waals surface area contributed by atoms with Crippen LogP contribution in [-0.4, -0.2) is 6.29 Å². The first-order valence-electron chi connectivity index (χ1n) is 5.53. The molecule has 0 unspecified atom stereocenters. The van der Waals surface area contributed by atoms with Crippen LogP contribution in [0, 0.1) is 22.7 Å². The van der Waals surface area contributed by atoms with Crippen molar-refractivity contribution in [1.82, 2.24) is 0 Å². The molecule has 1 aromatic heterocycles. The molecule has 0 aliphatic heterocycles. The van der Waals surface area contributed by atoms with Crippen LogP contribution in [0.5, 0.6) is 0 Å². The van der Waals surface area contributed by atoms with E-state index in [1.54, 1.807) is 6.07 Å². The van der Waals surface area contributed by atoms with Crippen LogP contribution >= 0.6 is 0 Å². The summed E-state index contributed by atoms with van der Waals surface area (Å²) in [5.74, 6) is 0. The molecular formula is C15H6N2O2. The second kappa shape index (κ2) is 3.97. The Bertz CT molecular complexity index is 908. The Labute approximate surface area is 108 Å². The number of para-hydroxylation sites is 1. The van der Waals surface area contributed by atoms with Crippen molar-refractivity contribution >= 4 is 28.2 Å². The lowest BCUT2D eigenvalue weighted by molar-refractivity contribution is 0.112. The van der Waals surface area contributed by atoms with Gasteiger partial charge in [-0.05, 0) is 6.07 Å². The van der Waals surface area contributed by atoms with Crippen LogP contribution in [0.4, 0.5) is 0 Å². The van der Waals surface area contributed by atoms with Crippen molar-refractivity contribution in [2.24, 2.45) is 0 Å². The Kier molecular flexibility index (Phi) is 2.30. The second-order valence-corrected chi connectivity index (χ2v) is 4.03. The largest absolute Gasteiger partial charge is 0.456 e. The molecule has 88 valence electrons. The van der Waals surface area contributed by atoms with Crippen molar-refractivity contribution in [3.63, 3.8) is 0 Å². The summed E-state index contributed by atoms with van der Waals surface area (Å²) in [7, 11) is 0. The minimum Gasteiger partial charge on any atom is -0.456 e. The Morgan fingerprint density at radius 1 is 1.11 bits per heavy atom. The zero-order valence-corrected chi connectivity index (χ0v) is 9.68. The van der Waals surface area contributed by atoms with Gasteiger partial charge in [-0.1, -0.05) is 18.2 Å². The molecule has 1 heterocycles. The van der Waals surface area contributed by atoms with Gasteiger partial charge in [-0.2, -0.15) is 10.5 Å². The highest BCUT2D eigenvalue weighted by molar-refractivity contribution is 6.13. The first kappa shape index (κ1) is 11.0. The molecular weight excluding hydrogens is 240 g/mol. The Morgan fingerprint density at radius 2 is 1.89 bits per heavy atom. The molecule has 0 spiro atoms. The van der Waals surface area contributed by atoms with E-state index in [1.165, 1.54) is 6.07 Å². The first-order valence-corrected chi connectivity index (χ1v) is 5.53. The first-order chi connectivity index (χ1) is 9.30. The fraction of sp³-hybridized carbons (Fsp3) is 0. The molecule has 0 saturated carbocycles. The number of nitriles is 2. The van der Waals surface area contributed by atoms with Crippen molar-refractivity contribution < 1.29 is 9.21 Å². The van der Waals surface area contributed by atoms with Crippen molar-refractivity contribution in [2.45, 2.75) is 0 Å². The molecule has 3 rings (SSSR count). The zero-order valence-electron chi connectivity index (χ0n) is 9.68. The number of carbonyl (C=O) groups is 1. The standard InChI is InChI=1S/C15H6N2O2/c16-6-9-5-14-15(12(8-18)11(9)7-17)10-3-1-2-4-13(10)19-14/h1-5,8H. The van der Waals surface area contributed by atoms with E-state index in [9.17, 15) is 4.79 Å². The number of hydrogen-bond acceptors (Lipinski definition) is 4. The fourth-order valence-electron chi connectivity index (χ4n) is 2.24. The highest BCUT2D eigenvalue weighted by atomic mass is 16.3. The molecule has 3 aromatic rings. The lowest BCUT2D eigenvalue weighted by Crippen LogP contribution is -1.93. The van der Waals surface area contributed by atoms with Gasteiger partial charge in [-0.25, -0.2) is 0 Å². The normalized spacial score (nSPS) is 10.2. The highest BCUT2D eigenvalue weighted by Gasteiger charge is 2.18. The monoisotopic (exact) mass is 246 g/mol. The molecule has 0 N–H and O–H groups in total. The van der Waals surface area contributed by atoms with Crippen LogP contribution in [0.3, 0.4) is 0 Å². The number of hydrogen-bond donors (Lipinski definition) is 0. The Hall–Kier alpha value is -3.11. The van der Waals surface area contributed by atoms with Gasteiger partial charge in [0, 0.05) is 22.4 Å². The summed E-state index contributed by atoms with van der Waals surface area (Å²) in [6.45, 7) is 0. The molecule has 0 fully saturated rings. The van der Waals surface area contributed by atoms with E-state index < -0.39 is 0 Å². The van der Waals surface area contributed by atoms with Crippen LogP contribution in [-0.2, 0) is 0 Å². The van der Waals surface area contributed by atoms with E-state index in [-0.39, 0.29) is 16.7 Å². The summed E-state index contributed by atoms with van der Waals surface area (Å²) in [4.78, 5) is 11.3. The Morgan fingerprint density at radius 3 is 2.58 bits per heavy atom. The molecule has 19 heavy (non-hydrogen) atoms. The lowest BCUT2D eigenvalue weighted by atomic mass is 9.98. The maximum Gasteiger partial charge on any atom is 0.152 e.